The van der Waals surface area contributed by atoms with Crippen LogP contribution >= 0.6 is 0 Å². The van der Waals surface area contributed by atoms with Crippen molar-refractivity contribution in [3.63, 3.8) is 0 Å². The summed E-state index contributed by atoms with van der Waals surface area (Å²) in [6, 6.07) is 4.32. The summed E-state index contributed by atoms with van der Waals surface area (Å²) in [6.45, 7) is 5.87. The van der Waals surface area contributed by atoms with Gasteiger partial charge in [-0.05, 0) is 96.1 Å². The number of nitrogens with zero attached hydrogens (tertiary/aromatic N) is 1. The number of pyridine rings is 1. The van der Waals surface area contributed by atoms with Crippen LogP contribution in [0.4, 0.5) is 0 Å². The maximum Gasteiger partial charge on any atom is 0.243 e. The summed E-state index contributed by atoms with van der Waals surface area (Å²) >= 11 is 0. The molecule has 3 heteroatoms. The van der Waals surface area contributed by atoms with Crippen LogP contribution in [0.5, 0.6) is 0 Å². The van der Waals surface area contributed by atoms with Crippen LogP contribution in [0.15, 0.2) is 42.3 Å². The monoisotopic (exact) mass is 388 g/mol. The molecule has 29 heavy (non-hydrogen) atoms. The van der Waals surface area contributed by atoms with Gasteiger partial charge in [0.15, 0.2) is 0 Å². The molecule has 0 radical (unpaired) electrons. The summed E-state index contributed by atoms with van der Waals surface area (Å²) < 4.78 is 0. The van der Waals surface area contributed by atoms with Crippen molar-refractivity contribution in [3.05, 3.63) is 47.8 Å². The Bertz CT molecular complexity index is 927. The maximum atomic E-state index is 12.4. The fourth-order valence-electron chi connectivity index (χ4n) is 8.16. The van der Waals surface area contributed by atoms with Crippen LogP contribution in [-0.4, -0.2) is 17.4 Å². The van der Waals surface area contributed by atoms with Gasteiger partial charge in [-0.1, -0.05) is 31.6 Å². The molecular formula is C26H32N2O. The van der Waals surface area contributed by atoms with Crippen LogP contribution in [0.25, 0.3) is 5.57 Å². The molecule has 1 N–H and O–H groups in total. The van der Waals surface area contributed by atoms with E-state index in [9.17, 15) is 4.79 Å². The van der Waals surface area contributed by atoms with Gasteiger partial charge in [-0.15, -0.1) is 0 Å². The third-order valence-electron chi connectivity index (χ3n) is 9.69. The van der Waals surface area contributed by atoms with Crippen molar-refractivity contribution in [1.29, 1.82) is 0 Å². The first-order valence-electron chi connectivity index (χ1n) is 11.6. The highest BCUT2D eigenvalue weighted by atomic mass is 16.1. The normalized spacial score (nSPS) is 42.0. The molecule has 1 spiro atoms. The molecule has 1 aliphatic heterocycles. The number of allylic oxidation sites excluding steroid dienone is 3. The molecule has 1 amide bonds. The molecule has 3 saturated carbocycles. The topological polar surface area (TPSA) is 42.0 Å². The molecule has 2 heterocycles. The number of rotatable bonds is 1. The molecule has 0 saturated heterocycles. The number of hydrogen-bond donors (Lipinski definition) is 1. The molecule has 152 valence electrons. The van der Waals surface area contributed by atoms with Gasteiger partial charge in [0.05, 0.1) is 0 Å². The van der Waals surface area contributed by atoms with Crippen molar-refractivity contribution in [2.45, 2.75) is 58.8 Å². The van der Waals surface area contributed by atoms with E-state index >= 15 is 0 Å². The first kappa shape index (κ1) is 17.9. The molecule has 0 aromatic carbocycles. The van der Waals surface area contributed by atoms with Crippen molar-refractivity contribution < 1.29 is 4.79 Å². The second-order valence-corrected chi connectivity index (χ2v) is 10.9. The second-order valence-electron chi connectivity index (χ2n) is 10.9. The molecule has 5 unspecified atom stereocenters. The van der Waals surface area contributed by atoms with Crippen LogP contribution in [0, 0.1) is 34.0 Å². The Balaban J connectivity index is 1.40. The van der Waals surface area contributed by atoms with Crippen molar-refractivity contribution in [2.75, 3.05) is 6.54 Å². The van der Waals surface area contributed by atoms with Gasteiger partial charge in [-0.3, -0.25) is 9.78 Å². The summed E-state index contributed by atoms with van der Waals surface area (Å²) in [7, 11) is 0. The zero-order valence-corrected chi connectivity index (χ0v) is 17.7. The summed E-state index contributed by atoms with van der Waals surface area (Å²) in [5, 5.41) is 3.14. The van der Waals surface area contributed by atoms with E-state index < -0.39 is 0 Å². The summed E-state index contributed by atoms with van der Waals surface area (Å²) in [5.41, 5.74) is 5.18. The number of amides is 1. The molecular weight excluding hydrogens is 356 g/mol. The average molecular weight is 389 g/mol. The van der Waals surface area contributed by atoms with E-state index in [0.717, 1.165) is 24.8 Å². The number of carbonyl (C=O) groups is 1. The third-order valence-corrected chi connectivity index (χ3v) is 9.69. The molecule has 4 aliphatic carbocycles. The number of carbonyl (C=O) groups excluding carboxylic acids is 1. The first-order valence-corrected chi connectivity index (χ1v) is 11.6. The summed E-state index contributed by atoms with van der Waals surface area (Å²) in [5.74, 6) is 2.37. The Labute approximate surface area is 174 Å². The molecule has 1 aromatic heterocycles. The Morgan fingerprint density at radius 3 is 2.72 bits per heavy atom. The molecule has 5 atom stereocenters. The highest BCUT2D eigenvalue weighted by molar-refractivity contribution is 5.89. The Kier molecular flexibility index (Phi) is 3.60. The lowest BCUT2D eigenvalue weighted by Crippen LogP contribution is -2.51. The van der Waals surface area contributed by atoms with E-state index in [0.29, 0.717) is 11.3 Å². The lowest BCUT2D eigenvalue weighted by atomic mass is 9.45. The second kappa shape index (κ2) is 5.83. The molecule has 3 fully saturated rings. The lowest BCUT2D eigenvalue weighted by Gasteiger charge is -2.59. The molecule has 6 rings (SSSR count). The summed E-state index contributed by atoms with van der Waals surface area (Å²) in [6.07, 6.45) is 17.3. The minimum absolute atomic E-state index is 0.149. The highest BCUT2D eigenvalue weighted by Crippen LogP contribution is 2.74. The minimum atomic E-state index is 0.149. The van der Waals surface area contributed by atoms with Crippen molar-refractivity contribution >= 4 is 11.5 Å². The predicted octanol–water partition coefficient (Wildman–Crippen LogP) is 5.15. The van der Waals surface area contributed by atoms with Crippen molar-refractivity contribution in [3.8, 4) is 0 Å². The average Bonchev–Trinajstić information content (AvgIpc) is 3.41. The fourth-order valence-corrected chi connectivity index (χ4v) is 8.16. The predicted molar refractivity (Wildman–Crippen MR) is 115 cm³/mol. The van der Waals surface area contributed by atoms with Gasteiger partial charge in [-0.2, -0.15) is 0 Å². The van der Waals surface area contributed by atoms with E-state index in [1.165, 1.54) is 49.7 Å². The van der Waals surface area contributed by atoms with Crippen LogP contribution in [0.3, 0.4) is 0 Å². The van der Waals surface area contributed by atoms with E-state index in [1.807, 2.05) is 12.3 Å². The fraction of sp³-hybridized carbons (Fsp3) is 0.615. The molecule has 5 aliphatic rings. The maximum absolute atomic E-state index is 12.4. The lowest BCUT2D eigenvalue weighted by molar-refractivity contribution is -0.116. The van der Waals surface area contributed by atoms with Gasteiger partial charge in [0.25, 0.3) is 0 Å². The molecule has 3 nitrogen and oxygen atoms in total. The van der Waals surface area contributed by atoms with Gasteiger partial charge in [-0.25, -0.2) is 0 Å². The standard InChI is InChI=1S/C26H32N2O/c1-24-8-7-21-18(20(24)6-5-19(24)17-4-3-12-27-16-17)15-26(9-10-26)22-14-23(29)28-13-11-25(21,22)2/h3-5,12,14,16,18,20-21H,6-11,13,15H2,1-2H3,(H,28,29). The van der Waals surface area contributed by atoms with Gasteiger partial charge in [0.2, 0.25) is 5.91 Å². The van der Waals surface area contributed by atoms with Gasteiger partial charge >= 0.3 is 0 Å². The smallest absolute Gasteiger partial charge is 0.243 e. The van der Waals surface area contributed by atoms with Crippen LogP contribution in [0.2, 0.25) is 0 Å². The zero-order chi connectivity index (χ0) is 19.9. The van der Waals surface area contributed by atoms with Crippen molar-refractivity contribution in [2.24, 2.45) is 34.0 Å². The summed E-state index contributed by atoms with van der Waals surface area (Å²) in [4.78, 5) is 16.8. The Morgan fingerprint density at radius 2 is 1.97 bits per heavy atom. The quantitative estimate of drug-likeness (QED) is 0.722. The number of nitrogens with one attached hydrogen (secondary N) is 1. The number of aromatic nitrogens is 1. The number of fused-ring (bicyclic) bond motifs is 6. The Hall–Kier alpha value is -1.90. The minimum Gasteiger partial charge on any atom is -0.353 e. The van der Waals surface area contributed by atoms with E-state index in [-0.39, 0.29) is 16.7 Å². The molecule has 1 aromatic rings. The van der Waals surface area contributed by atoms with Crippen molar-refractivity contribution in [1.82, 2.24) is 10.3 Å². The Morgan fingerprint density at radius 1 is 1.10 bits per heavy atom. The highest BCUT2D eigenvalue weighted by Gasteiger charge is 2.65. The van der Waals surface area contributed by atoms with Crippen LogP contribution < -0.4 is 5.32 Å². The number of hydrogen-bond acceptors (Lipinski definition) is 2. The van der Waals surface area contributed by atoms with Crippen LogP contribution in [-0.2, 0) is 4.79 Å². The SMILES string of the molecule is CC12CCC3C(CC4(CC4)C4=CC(=O)NCCC43C)C1CC=C2c1cccnc1. The van der Waals surface area contributed by atoms with Gasteiger partial charge in [0.1, 0.15) is 0 Å². The van der Waals surface area contributed by atoms with E-state index in [2.05, 4.69) is 48.6 Å². The van der Waals surface area contributed by atoms with E-state index in [4.69, 9.17) is 0 Å². The van der Waals surface area contributed by atoms with Gasteiger partial charge in [0, 0.05) is 25.0 Å². The molecule has 0 bridgehead atoms. The third kappa shape index (κ3) is 2.36. The van der Waals surface area contributed by atoms with E-state index in [1.54, 1.807) is 5.57 Å². The largest absolute Gasteiger partial charge is 0.353 e. The zero-order valence-electron chi connectivity index (χ0n) is 17.7. The van der Waals surface area contributed by atoms with Gasteiger partial charge < -0.3 is 5.32 Å². The first-order chi connectivity index (χ1) is 14.0. The van der Waals surface area contributed by atoms with Crippen LogP contribution in [0.1, 0.15) is 64.4 Å².